The minimum Gasteiger partial charge on any atom is -0.475 e. The van der Waals surface area contributed by atoms with E-state index in [9.17, 15) is 4.39 Å². The molecule has 3 rings (SSSR count). The molecule has 0 spiro atoms. The van der Waals surface area contributed by atoms with Gasteiger partial charge in [-0.05, 0) is 39.2 Å². The van der Waals surface area contributed by atoms with Crippen molar-refractivity contribution in [1.29, 1.82) is 0 Å². The molecule has 1 aromatic carbocycles. The van der Waals surface area contributed by atoms with Crippen molar-refractivity contribution >= 4 is 12.6 Å². The van der Waals surface area contributed by atoms with Crippen LogP contribution < -0.4 is 15.5 Å². The third-order valence-electron chi connectivity index (χ3n) is 4.30. The second kappa shape index (κ2) is 4.45. The van der Waals surface area contributed by atoms with Crippen LogP contribution in [-0.2, 0) is 15.9 Å². The maximum atomic E-state index is 14.1. The molecule has 0 unspecified atom stereocenters. The van der Waals surface area contributed by atoms with Crippen molar-refractivity contribution in [2.24, 2.45) is 0 Å². The summed E-state index contributed by atoms with van der Waals surface area (Å²) in [7, 11) is -0.554. The highest BCUT2D eigenvalue weighted by molar-refractivity contribution is 6.62. The molecule has 2 aliphatic rings. The van der Waals surface area contributed by atoms with Crippen LogP contribution in [0.4, 0.5) is 4.39 Å². The summed E-state index contributed by atoms with van der Waals surface area (Å²) >= 11 is 0. The SMILES string of the molecule is CC1(C)OB(c2cc(F)c3c(c2)CNCO3)OC1(C)C. The Labute approximate surface area is 118 Å². The van der Waals surface area contributed by atoms with E-state index in [2.05, 4.69) is 5.32 Å². The third-order valence-corrected chi connectivity index (χ3v) is 4.30. The van der Waals surface area contributed by atoms with Crippen molar-refractivity contribution in [3.63, 3.8) is 0 Å². The van der Waals surface area contributed by atoms with Gasteiger partial charge in [0.15, 0.2) is 11.6 Å². The van der Waals surface area contributed by atoms with Gasteiger partial charge in [0.2, 0.25) is 0 Å². The van der Waals surface area contributed by atoms with Crippen LogP contribution >= 0.6 is 0 Å². The zero-order chi connectivity index (χ0) is 14.5. The Morgan fingerprint density at radius 2 is 1.80 bits per heavy atom. The smallest absolute Gasteiger partial charge is 0.475 e. The number of ether oxygens (including phenoxy) is 1. The summed E-state index contributed by atoms with van der Waals surface area (Å²) in [5.74, 6) is -0.0438. The van der Waals surface area contributed by atoms with Gasteiger partial charge in [0.25, 0.3) is 0 Å². The van der Waals surface area contributed by atoms with E-state index in [1.54, 1.807) is 0 Å². The van der Waals surface area contributed by atoms with Crippen LogP contribution in [0.1, 0.15) is 33.3 Å². The Morgan fingerprint density at radius 1 is 1.15 bits per heavy atom. The number of nitrogens with one attached hydrogen (secondary N) is 1. The first-order valence-electron chi connectivity index (χ1n) is 6.82. The molecular formula is C14H19BFNO3. The van der Waals surface area contributed by atoms with Crippen LogP contribution in [0, 0.1) is 5.82 Å². The van der Waals surface area contributed by atoms with Crippen molar-refractivity contribution in [3.05, 3.63) is 23.5 Å². The number of benzene rings is 1. The van der Waals surface area contributed by atoms with Gasteiger partial charge in [-0.1, -0.05) is 6.07 Å². The highest BCUT2D eigenvalue weighted by Gasteiger charge is 2.52. The topological polar surface area (TPSA) is 39.7 Å². The molecule has 0 aromatic heterocycles. The number of halogens is 1. The van der Waals surface area contributed by atoms with Gasteiger partial charge in [0.1, 0.15) is 6.73 Å². The first-order chi connectivity index (χ1) is 9.30. The van der Waals surface area contributed by atoms with Crippen molar-refractivity contribution in [3.8, 4) is 5.75 Å². The van der Waals surface area contributed by atoms with E-state index in [0.717, 1.165) is 5.56 Å². The molecule has 0 atom stereocenters. The van der Waals surface area contributed by atoms with Crippen LogP contribution in [0.2, 0.25) is 0 Å². The molecule has 0 amide bonds. The van der Waals surface area contributed by atoms with E-state index in [1.165, 1.54) is 6.07 Å². The van der Waals surface area contributed by atoms with Gasteiger partial charge in [0, 0.05) is 12.1 Å². The van der Waals surface area contributed by atoms with Crippen LogP contribution in [0.3, 0.4) is 0 Å². The number of hydrogen-bond donors (Lipinski definition) is 1. The fourth-order valence-electron chi connectivity index (χ4n) is 2.39. The lowest BCUT2D eigenvalue weighted by Crippen LogP contribution is -2.41. The lowest BCUT2D eigenvalue weighted by Gasteiger charge is -2.32. The summed E-state index contributed by atoms with van der Waals surface area (Å²) in [5.41, 5.74) is 0.616. The Morgan fingerprint density at radius 3 is 2.45 bits per heavy atom. The second-order valence-electron chi connectivity index (χ2n) is 6.29. The normalized spacial score (nSPS) is 23.4. The van der Waals surface area contributed by atoms with E-state index in [4.69, 9.17) is 14.0 Å². The zero-order valence-corrected chi connectivity index (χ0v) is 12.2. The predicted molar refractivity (Wildman–Crippen MR) is 74.5 cm³/mol. The van der Waals surface area contributed by atoms with Crippen molar-refractivity contribution < 1.29 is 18.4 Å². The Balaban J connectivity index is 1.94. The molecule has 1 fully saturated rings. The summed E-state index contributed by atoms with van der Waals surface area (Å²) in [6, 6.07) is 3.32. The molecule has 1 N–H and O–H groups in total. The summed E-state index contributed by atoms with van der Waals surface area (Å²) in [4.78, 5) is 0. The van der Waals surface area contributed by atoms with Gasteiger partial charge < -0.3 is 14.0 Å². The predicted octanol–water partition coefficient (Wildman–Crippen LogP) is 1.56. The molecule has 6 heteroatoms. The molecule has 2 aliphatic heterocycles. The second-order valence-corrected chi connectivity index (χ2v) is 6.29. The van der Waals surface area contributed by atoms with Crippen LogP contribution in [-0.4, -0.2) is 25.1 Å². The quantitative estimate of drug-likeness (QED) is 0.792. The molecule has 108 valence electrons. The van der Waals surface area contributed by atoms with E-state index >= 15 is 0 Å². The highest BCUT2D eigenvalue weighted by Crippen LogP contribution is 2.37. The van der Waals surface area contributed by atoms with Crippen molar-refractivity contribution in [2.75, 3.05) is 6.73 Å². The molecule has 20 heavy (non-hydrogen) atoms. The number of fused-ring (bicyclic) bond motifs is 1. The number of rotatable bonds is 1. The van der Waals surface area contributed by atoms with Gasteiger partial charge in [-0.3, -0.25) is 5.32 Å². The molecule has 4 nitrogen and oxygen atoms in total. The minimum absolute atomic E-state index is 0.323. The molecule has 1 aromatic rings. The molecule has 0 saturated carbocycles. The summed E-state index contributed by atoms with van der Waals surface area (Å²) in [5, 5.41) is 3.05. The molecule has 0 radical (unpaired) electrons. The van der Waals surface area contributed by atoms with Crippen LogP contribution in [0.25, 0.3) is 0 Å². The van der Waals surface area contributed by atoms with Gasteiger partial charge in [-0.25, -0.2) is 4.39 Å². The fraction of sp³-hybridized carbons (Fsp3) is 0.571. The minimum atomic E-state index is -0.554. The Hall–Kier alpha value is -1.11. The largest absolute Gasteiger partial charge is 0.494 e. The zero-order valence-electron chi connectivity index (χ0n) is 12.2. The number of hydrogen-bond acceptors (Lipinski definition) is 4. The van der Waals surface area contributed by atoms with Crippen LogP contribution in [0.15, 0.2) is 12.1 Å². The Bertz CT molecular complexity index is 531. The lowest BCUT2D eigenvalue weighted by molar-refractivity contribution is 0.00578. The summed E-state index contributed by atoms with van der Waals surface area (Å²) < 4.78 is 31.3. The summed E-state index contributed by atoms with van der Waals surface area (Å²) in [6.45, 7) is 8.83. The third kappa shape index (κ3) is 2.12. The average Bonchev–Trinajstić information content (AvgIpc) is 2.58. The van der Waals surface area contributed by atoms with Crippen molar-refractivity contribution in [2.45, 2.75) is 45.4 Å². The Kier molecular flexibility index (Phi) is 3.08. The molecule has 0 aliphatic carbocycles. The molecule has 1 saturated heterocycles. The first kappa shape index (κ1) is 13.9. The first-order valence-corrected chi connectivity index (χ1v) is 6.82. The maximum Gasteiger partial charge on any atom is 0.494 e. The molecule has 2 heterocycles. The average molecular weight is 279 g/mol. The highest BCUT2D eigenvalue weighted by atomic mass is 19.1. The standard InChI is InChI=1S/C14H19BFNO3/c1-13(2)14(3,4)20-15(19-13)10-5-9-7-17-8-18-12(9)11(16)6-10/h5-6,17H,7-8H2,1-4H3. The van der Waals surface area contributed by atoms with Gasteiger partial charge in [-0.2, -0.15) is 0 Å². The molecule has 0 bridgehead atoms. The van der Waals surface area contributed by atoms with Crippen LogP contribution in [0.5, 0.6) is 5.75 Å². The lowest BCUT2D eigenvalue weighted by atomic mass is 9.78. The van der Waals surface area contributed by atoms with E-state index in [1.807, 2.05) is 33.8 Å². The van der Waals surface area contributed by atoms with Crippen molar-refractivity contribution in [1.82, 2.24) is 5.32 Å². The van der Waals surface area contributed by atoms with Gasteiger partial charge in [-0.15, -0.1) is 0 Å². The van der Waals surface area contributed by atoms with Gasteiger partial charge >= 0.3 is 7.12 Å². The monoisotopic (exact) mass is 279 g/mol. The summed E-state index contributed by atoms with van der Waals surface area (Å²) in [6.07, 6.45) is 0. The van der Waals surface area contributed by atoms with E-state index < -0.39 is 18.3 Å². The van der Waals surface area contributed by atoms with Gasteiger partial charge in [0.05, 0.1) is 11.2 Å². The maximum absolute atomic E-state index is 14.1. The van der Waals surface area contributed by atoms with E-state index in [-0.39, 0.29) is 5.82 Å². The molecular weight excluding hydrogens is 260 g/mol. The van der Waals surface area contributed by atoms with E-state index in [0.29, 0.717) is 24.5 Å². The fourth-order valence-corrected chi connectivity index (χ4v) is 2.39.